The highest BCUT2D eigenvalue weighted by Gasteiger charge is 2.26. The molecule has 1 fully saturated rings. The van der Waals surface area contributed by atoms with E-state index in [-0.39, 0.29) is 11.7 Å². The maximum absolute atomic E-state index is 13.5. The summed E-state index contributed by atoms with van der Waals surface area (Å²) in [6.07, 6.45) is 1.88. The molecule has 5 heteroatoms. The van der Waals surface area contributed by atoms with Crippen LogP contribution in [-0.2, 0) is 11.3 Å². The van der Waals surface area contributed by atoms with E-state index in [0.717, 1.165) is 32.7 Å². The third-order valence-electron chi connectivity index (χ3n) is 4.73. The second kappa shape index (κ2) is 6.69. The first-order valence-corrected chi connectivity index (χ1v) is 8.52. The van der Waals surface area contributed by atoms with Gasteiger partial charge in [0.25, 0.3) is 5.91 Å². The van der Waals surface area contributed by atoms with Gasteiger partial charge in [-0.25, -0.2) is 4.39 Å². The molecule has 1 N–H and O–H groups in total. The minimum atomic E-state index is -0.325. The van der Waals surface area contributed by atoms with Crippen LogP contribution in [0.15, 0.2) is 54.7 Å². The Hall–Kier alpha value is -2.66. The van der Waals surface area contributed by atoms with Crippen molar-refractivity contribution in [3.05, 3.63) is 71.7 Å². The zero-order valence-electron chi connectivity index (χ0n) is 13.9. The molecule has 4 rings (SSSR count). The van der Waals surface area contributed by atoms with Crippen LogP contribution in [0.3, 0.4) is 0 Å². The lowest BCUT2D eigenvalue weighted by molar-refractivity contribution is -0.110. The Morgan fingerprint density at radius 2 is 1.80 bits per heavy atom. The van der Waals surface area contributed by atoms with Crippen molar-refractivity contribution in [1.29, 1.82) is 0 Å². The topological polar surface area (TPSA) is 35.6 Å². The molecule has 0 saturated carbocycles. The van der Waals surface area contributed by atoms with E-state index in [1.165, 1.54) is 17.7 Å². The molecule has 1 amide bonds. The molecule has 0 atom stereocenters. The Kier molecular flexibility index (Phi) is 4.24. The van der Waals surface area contributed by atoms with Crippen molar-refractivity contribution >= 4 is 17.2 Å². The minimum Gasteiger partial charge on any atom is -0.374 e. The molecule has 2 aliphatic rings. The van der Waals surface area contributed by atoms with E-state index in [1.54, 1.807) is 6.07 Å². The van der Waals surface area contributed by atoms with E-state index >= 15 is 0 Å². The molecular weight excluding hydrogens is 317 g/mol. The summed E-state index contributed by atoms with van der Waals surface area (Å²) in [4.78, 5) is 16.7. The Labute approximate surface area is 146 Å². The monoisotopic (exact) mass is 337 g/mol. The standard InChI is InChI=1S/C20H20FN3O/c21-16-6-7-19-17(12-16)18(20(25)22-19)14-24-10-8-23(9-11-24)13-15-4-2-1-3-5-15/h1-7,12,14H,8-11,13H2,(H,22,25)/b18-14+. The number of benzene rings is 2. The summed E-state index contributed by atoms with van der Waals surface area (Å²) in [6.45, 7) is 4.54. The zero-order chi connectivity index (χ0) is 17.2. The summed E-state index contributed by atoms with van der Waals surface area (Å²) in [7, 11) is 0. The summed E-state index contributed by atoms with van der Waals surface area (Å²) in [5, 5.41) is 2.79. The number of carbonyl (C=O) groups is 1. The van der Waals surface area contributed by atoms with Gasteiger partial charge in [-0.2, -0.15) is 0 Å². The Balaban J connectivity index is 1.43. The summed E-state index contributed by atoms with van der Waals surface area (Å²) < 4.78 is 13.5. The van der Waals surface area contributed by atoms with Crippen LogP contribution in [0.4, 0.5) is 10.1 Å². The molecule has 25 heavy (non-hydrogen) atoms. The molecule has 0 spiro atoms. The smallest absolute Gasteiger partial charge is 0.257 e. The van der Waals surface area contributed by atoms with Crippen molar-refractivity contribution < 1.29 is 9.18 Å². The molecule has 2 aliphatic heterocycles. The lowest BCUT2D eigenvalue weighted by Gasteiger charge is -2.34. The molecule has 0 aromatic heterocycles. The number of amides is 1. The van der Waals surface area contributed by atoms with Gasteiger partial charge in [0.15, 0.2) is 0 Å². The Morgan fingerprint density at radius 1 is 1.04 bits per heavy atom. The minimum absolute atomic E-state index is 0.160. The fraction of sp³-hybridized carbons (Fsp3) is 0.250. The normalized spacial score (nSPS) is 19.2. The molecule has 0 bridgehead atoms. The van der Waals surface area contributed by atoms with Crippen molar-refractivity contribution in [1.82, 2.24) is 9.80 Å². The van der Waals surface area contributed by atoms with Crippen molar-refractivity contribution in [2.24, 2.45) is 0 Å². The van der Waals surface area contributed by atoms with E-state index < -0.39 is 0 Å². The largest absolute Gasteiger partial charge is 0.374 e. The quantitative estimate of drug-likeness (QED) is 0.875. The van der Waals surface area contributed by atoms with Crippen LogP contribution in [0.25, 0.3) is 5.57 Å². The Bertz CT molecular complexity index is 811. The number of fused-ring (bicyclic) bond motifs is 1. The number of carbonyl (C=O) groups excluding carboxylic acids is 1. The molecule has 0 unspecified atom stereocenters. The molecule has 1 saturated heterocycles. The number of hydrogen-bond donors (Lipinski definition) is 1. The van der Waals surface area contributed by atoms with Crippen LogP contribution in [0.2, 0.25) is 0 Å². The predicted molar refractivity (Wildman–Crippen MR) is 96.3 cm³/mol. The van der Waals surface area contributed by atoms with Gasteiger partial charge in [0.2, 0.25) is 0 Å². The first-order valence-electron chi connectivity index (χ1n) is 8.52. The summed E-state index contributed by atoms with van der Waals surface area (Å²) >= 11 is 0. The molecular formula is C20H20FN3O. The third-order valence-corrected chi connectivity index (χ3v) is 4.73. The predicted octanol–water partition coefficient (Wildman–Crippen LogP) is 2.94. The Morgan fingerprint density at radius 3 is 2.56 bits per heavy atom. The molecule has 4 nitrogen and oxygen atoms in total. The molecule has 2 aromatic rings. The van der Waals surface area contributed by atoms with Gasteiger partial charge in [0.05, 0.1) is 5.57 Å². The number of anilines is 1. The van der Waals surface area contributed by atoms with Crippen molar-refractivity contribution in [2.75, 3.05) is 31.5 Å². The third kappa shape index (κ3) is 3.42. The van der Waals surface area contributed by atoms with Crippen molar-refractivity contribution in [2.45, 2.75) is 6.54 Å². The summed E-state index contributed by atoms with van der Waals surface area (Å²) in [6, 6.07) is 14.8. The molecule has 2 aromatic carbocycles. The summed E-state index contributed by atoms with van der Waals surface area (Å²) in [5.74, 6) is -0.485. The van der Waals surface area contributed by atoms with Gasteiger partial charge in [-0.05, 0) is 23.8 Å². The van der Waals surface area contributed by atoms with E-state index in [9.17, 15) is 9.18 Å². The maximum atomic E-state index is 13.5. The van der Waals surface area contributed by atoms with E-state index in [2.05, 4.69) is 39.4 Å². The van der Waals surface area contributed by atoms with Crippen molar-refractivity contribution in [3.63, 3.8) is 0 Å². The van der Waals surface area contributed by atoms with Gasteiger partial charge < -0.3 is 10.2 Å². The van der Waals surface area contributed by atoms with Gasteiger partial charge in [0, 0.05) is 50.2 Å². The highest BCUT2D eigenvalue weighted by atomic mass is 19.1. The van der Waals surface area contributed by atoms with Gasteiger partial charge in [-0.1, -0.05) is 30.3 Å². The van der Waals surface area contributed by atoms with Crippen LogP contribution in [0.5, 0.6) is 0 Å². The highest BCUT2D eigenvalue weighted by Crippen LogP contribution is 2.32. The van der Waals surface area contributed by atoms with Crippen molar-refractivity contribution in [3.8, 4) is 0 Å². The van der Waals surface area contributed by atoms with Gasteiger partial charge in [-0.3, -0.25) is 9.69 Å². The van der Waals surface area contributed by atoms with Crippen LogP contribution in [-0.4, -0.2) is 41.9 Å². The summed E-state index contributed by atoms with van der Waals surface area (Å²) in [5.41, 5.74) is 3.19. The lowest BCUT2D eigenvalue weighted by atomic mass is 10.1. The average Bonchev–Trinajstić information content (AvgIpc) is 2.93. The lowest BCUT2D eigenvalue weighted by Crippen LogP contribution is -2.43. The van der Waals surface area contributed by atoms with Crippen LogP contribution < -0.4 is 5.32 Å². The zero-order valence-corrected chi connectivity index (χ0v) is 13.9. The number of nitrogens with one attached hydrogen (secondary N) is 1. The second-order valence-electron chi connectivity index (χ2n) is 6.48. The van der Waals surface area contributed by atoms with Crippen LogP contribution in [0.1, 0.15) is 11.1 Å². The van der Waals surface area contributed by atoms with Gasteiger partial charge in [-0.15, -0.1) is 0 Å². The van der Waals surface area contributed by atoms with Gasteiger partial charge in [0.1, 0.15) is 5.82 Å². The SMILES string of the molecule is O=C1Nc2ccc(F)cc2/C1=C\N1CCN(Cc2ccccc2)CC1. The van der Waals surface area contributed by atoms with Gasteiger partial charge >= 0.3 is 0 Å². The van der Waals surface area contributed by atoms with E-state index in [1.807, 2.05) is 12.3 Å². The first-order chi connectivity index (χ1) is 12.2. The molecule has 0 aliphatic carbocycles. The number of nitrogens with zero attached hydrogens (tertiary/aromatic N) is 2. The fourth-order valence-corrected chi connectivity index (χ4v) is 3.36. The number of piperazine rings is 1. The fourth-order valence-electron chi connectivity index (χ4n) is 3.36. The van der Waals surface area contributed by atoms with Crippen LogP contribution in [0, 0.1) is 5.82 Å². The molecule has 2 heterocycles. The molecule has 128 valence electrons. The number of rotatable bonds is 3. The molecule has 0 radical (unpaired) electrons. The average molecular weight is 337 g/mol. The van der Waals surface area contributed by atoms with E-state index in [4.69, 9.17) is 0 Å². The van der Waals surface area contributed by atoms with E-state index in [0.29, 0.717) is 16.8 Å². The first kappa shape index (κ1) is 15.8. The number of halogens is 1. The second-order valence-corrected chi connectivity index (χ2v) is 6.48. The van der Waals surface area contributed by atoms with Crippen LogP contribution >= 0.6 is 0 Å². The maximum Gasteiger partial charge on any atom is 0.257 e. The number of hydrogen-bond acceptors (Lipinski definition) is 3. The highest BCUT2D eigenvalue weighted by molar-refractivity contribution is 6.31.